The molecule has 17 heavy (non-hydrogen) atoms. The van der Waals surface area contributed by atoms with Crippen LogP contribution >= 0.6 is 0 Å². The summed E-state index contributed by atoms with van der Waals surface area (Å²) in [6.07, 6.45) is 7.94. The molecule has 2 aromatic heterocycles. The van der Waals surface area contributed by atoms with Gasteiger partial charge in [0.15, 0.2) is 0 Å². The third kappa shape index (κ3) is 2.79. The number of hydrogen-bond donors (Lipinski definition) is 2. The number of rotatable bonds is 4. The molecule has 1 atom stereocenters. The van der Waals surface area contributed by atoms with Crippen molar-refractivity contribution in [2.24, 2.45) is 0 Å². The average molecular weight is 228 g/mol. The number of nitrogens with zero attached hydrogens (tertiary/aromatic N) is 2. The topological polar surface area (TPSA) is 63.8 Å². The van der Waals surface area contributed by atoms with Crippen molar-refractivity contribution in [1.82, 2.24) is 15.3 Å². The fourth-order valence-electron chi connectivity index (χ4n) is 1.81. The maximum absolute atomic E-state index is 5.92. The second-order valence-electron chi connectivity index (χ2n) is 3.90. The zero-order chi connectivity index (χ0) is 12.1. The molecule has 0 saturated heterocycles. The number of nitrogen functional groups attached to an aromatic ring is 1. The lowest BCUT2D eigenvalue weighted by atomic mass is 10.0. The first-order valence-electron chi connectivity index (χ1n) is 5.57. The van der Waals surface area contributed by atoms with Crippen molar-refractivity contribution in [3.63, 3.8) is 0 Å². The first-order chi connectivity index (χ1) is 8.31. The molecule has 0 amide bonds. The molecule has 0 bridgehead atoms. The summed E-state index contributed by atoms with van der Waals surface area (Å²) in [5, 5.41) is 3.28. The smallest absolute Gasteiger partial charge is 0.0378 e. The normalized spacial score (nSPS) is 12.3. The van der Waals surface area contributed by atoms with Crippen molar-refractivity contribution < 1.29 is 0 Å². The van der Waals surface area contributed by atoms with Gasteiger partial charge in [-0.25, -0.2) is 0 Å². The van der Waals surface area contributed by atoms with Crippen LogP contribution in [0.25, 0.3) is 0 Å². The van der Waals surface area contributed by atoms with Crippen molar-refractivity contribution in [1.29, 1.82) is 0 Å². The van der Waals surface area contributed by atoms with Crippen LogP contribution in [0.15, 0.2) is 43.0 Å². The molecule has 2 heterocycles. The van der Waals surface area contributed by atoms with E-state index in [-0.39, 0.29) is 6.04 Å². The summed E-state index contributed by atoms with van der Waals surface area (Å²) in [6.45, 7) is 0. The highest BCUT2D eigenvalue weighted by Crippen LogP contribution is 2.20. The maximum atomic E-state index is 5.92. The van der Waals surface area contributed by atoms with Gasteiger partial charge in [0, 0.05) is 36.5 Å². The second kappa shape index (κ2) is 5.41. The Morgan fingerprint density at radius 3 is 2.53 bits per heavy atom. The van der Waals surface area contributed by atoms with E-state index >= 15 is 0 Å². The first kappa shape index (κ1) is 11.5. The van der Waals surface area contributed by atoms with E-state index in [4.69, 9.17) is 5.73 Å². The molecule has 0 spiro atoms. The molecule has 0 radical (unpaired) electrons. The number of nitrogens with two attached hydrogens (primary N) is 1. The van der Waals surface area contributed by atoms with Gasteiger partial charge in [-0.1, -0.05) is 0 Å². The lowest BCUT2D eigenvalue weighted by Crippen LogP contribution is -2.19. The Labute approximate surface area is 101 Å². The Kier molecular flexibility index (Phi) is 3.67. The third-order valence-corrected chi connectivity index (χ3v) is 2.82. The minimum atomic E-state index is 0.226. The summed E-state index contributed by atoms with van der Waals surface area (Å²) in [7, 11) is 1.94. The molecule has 4 heteroatoms. The average Bonchev–Trinajstić information content (AvgIpc) is 2.39. The van der Waals surface area contributed by atoms with Crippen LogP contribution < -0.4 is 11.1 Å². The minimum absolute atomic E-state index is 0.226. The van der Waals surface area contributed by atoms with E-state index in [9.17, 15) is 0 Å². The standard InChI is InChI=1S/C13H16N4/c1-15-13(10-2-5-16-6-3-10)8-11-9-17-7-4-12(11)14/h2-7,9,13,15H,8H2,1H3,(H2,14,17). The van der Waals surface area contributed by atoms with E-state index in [1.807, 2.05) is 31.4 Å². The van der Waals surface area contributed by atoms with Gasteiger partial charge in [-0.2, -0.15) is 0 Å². The van der Waals surface area contributed by atoms with Crippen molar-refractivity contribution in [3.05, 3.63) is 54.1 Å². The molecule has 0 aromatic carbocycles. The van der Waals surface area contributed by atoms with Crippen LogP contribution in [0.3, 0.4) is 0 Å². The van der Waals surface area contributed by atoms with Crippen LogP contribution in [0.1, 0.15) is 17.2 Å². The molecule has 3 N–H and O–H groups in total. The van der Waals surface area contributed by atoms with Crippen LogP contribution in [0.5, 0.6) is 0 Å². The molecule has 4 nitrogen and oxygen atoms in total. The van der Waals surface area contributed by atoms with E-state index in [0.29, 0.717) is 0 Å². The molecule has 2 aromatic rings. The summed E-state index contributed by atoms with van der Waals surface area (Å²) >= 11 is 0. The van der Waals surface area contributed by atoms with Gasteiger partial charge in [0.2, 0.25) is 0 Å². The molecule has 1 unspecified atom stereocenters. The lowest BCUT2D eigenvalue weighted by molar-refractivity contribution is 0.591. The lowest BCUT2D eigenvalue weighted by Gasteiger charge is -2.17. The predicted molar refractivity (Wildman–Crippen MR) is 68.4 cm³/mol. The second-order valence-corrected chi connectivity index (χ2v) is 3.90. The van der Waals surface area contributed by atoms with Gasteiger partial charge in [0.05, 0.1) is 0 Å². The Hall–Kier alpha value is -1.94. The van der Waals surface area contributed by atoms with Gasteiger partial charge >= 0.3 is 0 Å². The zero-order valence-corrected chi connectivity index (χ0v) is 9.80. The van der Waals surface area contributed by atoms with Crippen molar-refractivity contribution >= 4 is 5.69 Å². The highest BCUT2D eigenvalue weighted by atomic mass is 14.9. The number of likely N-dealkylation sites (N-methyl/N-ethyl adjacent to an activating group) is 1. The number of anilines is 1. The number of nitrogens with one attached hydrogen (secondary N) is 1. The highest BCUT2D eigenvalue weighted by Gasteiger charge is 2.11. The number of hydrogen-bond acceptors (Lipinski definition) is 4. The summed E-state index contributed by atoms with van der Waals surface area (Å²) in [5.74, 6) is 0. The third-order valence-electron chi connectivity index (χ3n) is 2.82. The number of aromatic nitrogens is 2. The predicted octanol–water partition coefficient (Wildman–Crippen LogP) is 1.56. The highest BCUT2D eigenvalue weighted by molar-refractivity contribution is 5.45. The maximum Gasteiger partial charge on any atom is 0.0378 e. The fourth-order valence-corrected chi connectivity index (χ4v) is 1.81. The first-order valence-corrected chi connectivity index (χ1v) is 5.57. The van der Waals surface area contributed by atoms with Crippen molar-refractivity contribution in [2.45, 2.75) is 12.5 Å². The van der Waals surface area contributed by atoms with E-state index in [1.165, 1.54) is 5.56 Å². The molecule has 88 valence electrons. The van der Waals surface area contributed by atoms with Gasteiger partial charge in [0.1, 0.15) is 0 Å². The molecule has 0 fully saturated rings. The largest absolute Gasteiger partial charge is 0.398 e. The van der Waals surface area contributed by atoms with Crippen molar-refractivity contribution in [2.75, 3.05) is 12.8 Å². The van der Waals surface area contributed by atoms with Gasteiger partial charge < -0.3 is 11.1 Å². The minimum Gasteiger partial charge on any atom is -0.398 e. The summed E-state index contributed by atoms with van der Waals surface area (Å²) in [4.78, 5) is 8.13. The number of pyridine rings is 2. The Balaban J connectivity index is 2.19. The van der Waals surface area contributed by atoms with Gasteiger partial charge in [0.25, 0.3) is 0 Å². The Bertz CT molecular complexity index is 470. The van der Waals surface area contributed by atoms with Gasteiger partial charge in [-0.3, -0.25) is 9.97 Å². The van der Waals surface area contributed by atoms with Crippen LogP contribution in [0.2, 0.25) is 0 Å². The van der Waals surface area contributed by atoms with Crippen LogP contribution in [-0.4, -0.2) is 17.0 Å². The van der Waals surface area contributed by atoms with Crippen LogP contribution in [0.4, 0.5) is 5.69 Å². The zero-order valence-electron chi connectivity index (χ0n) is 9.80. The van der Waals surface area contributed by atoms with E-state index in [0.717, 1.165) is 17.7 Å². The molecule has 2 rings (SSSR count). The quantitative estimate of drug-likeness (QED) is 0.833. The molecule has 0 aliphatic carbocycles. The Morgan fingerprint density at radius 1 is 1.18 bits per heavy atom. The van der Waals surface area contributed by atoms with E-state index < -0.39 is 0 Å². The molecule has 0 saturated carbocycles. The SMILES string of the molecule is CNC(Cc1cnccc1N)c1ccncc1. The summed E-state index contributed by atoms with van der Waals surface area (Å²) < 4.78 is 0. The van der Waals surface area contributed by atoms with Gasteiger partial charge in [-0.05, 0) is 42.8 Å². The fraction of sp³-hybridized carbons (Fsp3) is 0.231. The summed E-state index contributed by atoms with van der Waals surface area (Å²) in [5.41, 5.74) is 8.97. The molecular weight excluding hydrogens is 212 g/mol. The van der Waals surface area contributed by atoms with E-state index in [1.54, 1.807) is 18.6 Å². The Morgan fingerprint density at radius 2 is 1.88 bits per heavy atom. The van der Waals surface area contributed by atoms with Gasteiger partial charge in [-0.15, -0.1) is 0 Å². The molecule has 0 aliphatic heterocycles. The molecule has 0 aliphatic rings. The van der Waals surface area contributed by atoms with Crippen LogP contribution in [0, 0.1) is 0 Å². The molecular formula is C13H16N4. The van der Waals surface area contributed by atoms with Crippen molar-refractivity contribution in [3.8, 4) is 0 Å². The summed E-state index contributed by atoms with van der Waals surface area (Å²) in [6, 6.07) is 6.07. The monoisotopic (exact) mass is 228 g/mol. The van der Waals surface area contributed by atoms with Crippen LogP contribution in [-0.2, 0) is 6.42 Å². The van der Waals surface area contributed by atoms with E-state index in [2.05, 4.69) is 15.3 Å².